The van der Waals surface area contributed by atoms with Crippen LogP contribution < -0.4 is 11.1 Å². The Kier molecular flexibility index (Phi) is 4.54. The minimum absolute atomic E-state index is 0. The molecule has 1 unspecified atom stereocenters. The number of hydrogen-bond acceptors (Lipinski definition) is 3. The van der Waals surface area contributed by atoms with Crippen molar-refractivity contribution in [3.63, 3.8) is 0 Å². The van der Waals surface area contributed by atoms with E-state index in [4.69, 9.17) is 5.73 Å². The van der Waals surface area contributed by atoms with Crippen LogP contribution in [0.2, 0.25) is 0 Å². The van der Waals surface area contributed by atoms with Crippen molar-refractivity contribution in [3.05, 3.63) is 21.9 Å². The van der Waals surface area contributed by atoms with Gasteiger partial charge < -0.3 is 11.1 Å². The zero-order valence-corrected chi connectivity index (χ0v) is 12.6. The van der Waals surface area contributed by atoms with Gasteiger partial charge in [-0.2, -0.15) is 0 Å². The summed E-state index contributed by atoms with van der Waals surface area (Å²) in [7, 11) is 0. The second kappa shape index (κ2) is 5.81. The second-order valence-electron chi connectivity index (χ2n) is 5.68. The Hall–Kier alpha value is -0.580. The molecule has 3 nitrogen and oxygen atoms in total. The number of fused-ring (bicyclic) bond motifs is 1. The molecule has 3 N–H and O–H groups in total. The van der Waals surface area contributed by atoms with Gasteiger partial charge in [-0.15, -0.1) is 23.7 Å². The van der Waals surface area contributed by atoms with Crippen LogP contribution in [-0.2, 0) is 11.2 Å². The third-order valence-corrected chi connectivity index (χ3v) is 5.33. The van der Waals surface area contributed by atoms with Gasteiger partial charge in [-0.3, -0.25) is 4.79 Å². The maximum atomic E-state index is 12.3. The number of rotatable bonds is 3. The van der Waals surface area contributed by atoms with Gasteiger partial charge in [0.05, 0.1) is 5.92 Å². The monoisotopic (exact) mass is 300 g/mol. The van der Waals surface area contributed by atoms with Gasteiger partial charge in [0.15, 0.2) is 0 Å². The molecule has 0 aliphatic heterocycles. The SMILES string of the molecule is Cl.NC1(CNC(=O)C2CCCc3sccc32)CCC1. The highest BCUT2D eigenvalue weighted by Crippen LogP contribution is 2.35. The summed E-state index contributed by atoms with van der Waals surface area (Å²) in [4.78, 5) is 13.7. The lowest BCUT2D eigenvalue weighted by molar-refractivity contribution is -0.123. The Morgan fingerprint density at radius 3 is 2.95 bits per heavy atom. The highest BCUT2D eigenvalue weighted by molar-refractivity contribution is 7.10. The summed E-state index contributed by atoms with van der Waals surface area (Å²) in [5.74, 6) is 0.231. The number of thiophene rings is 1. The molecule has 2 aliphatic carbocycles. The molecule has 106 valence electrons. The zero-order chi connectivity index (χ0) is 12.6. The van der Waals surface area contributed by atoms with Gasteiger partial charge >= 0.3 is 0 Å². The Balaban J connectivity index is 0.00000133. The smallest absolute Gasteiger partial charge is 0.227 e. The lowest BCUT2D eigenvalue weighted by Gasteiger charge is -2.38. The van der Waals surface area contributed by atoms with Crippen molar-refractivity contribution in [2.45, 2.75) is 50.0 Å². The van der Waals surface area contributed by atoms with Gasteiger partial charge in [0.2, 0.25) is 5.91 Å². The number of carbonyl (C=O) groups is 1. The van der Waals surface area contributed by atoms with E-state index in [0.29, 0.717) is 6.54 Å². The minimum atomic E-state index is -0.123. The lowest BCUT2D eigenvalue weighted by Crippen LogP contribution is -2.55. The van der Waals surface area contributed by atoms with E-state index >= 15 is 0 Å². The molecule has 5 heteroatoms. The Morgan fingerprint density at radius 2 is 2.26 bits per heavy atom. The van der Waals surface area contributed by atoms with Gasteiger partial charge in [-0.05, 0) is 55.5 Å². The van der Waals surface area contributed by atoms with E-state index in [-0.39, 0.29) is 29.8 Å². The summed E-state index contributed by atoms with van der Waals surface area (Å²) in [6.07, 6.45) is 6.53. The van der Waals surface area contributed by atoms with Gasteiger partial charge in [-0.25, -0.2) is 0 Å². The largest absolute Gasteiger partial charge is 0.354 e. The van der Waals surface area contributed by atoms with Crippen molar-refractivity contribution in [1.82, 2.24) is 5.32 Å². The van der Waals surface area contributed by atoms with Gasteiger partial charge in [0.25, 0.3) is 0 Å². The van der Waals surface area contributed by atoms with E-state index in [9.17, 15) is 4.79 Å². The zero-order valence-electron chi connectivity index (χ0n) is 11.0. The molecule has 1 fully saturated rings. The molecule has 0 aromatic carbocycles. The maximum Gasteiger partial charge on any atom is 0.227 e. The first-order valence-corrected chi connectivity index (χ1v) is 7.69. The quantitative estimate of drug-likeness (QED) is 0.901. The predicted molar refractivity (Wildman–Crippen MR) is 81.0 cm³/mol. The van der Waals surface area contributed by atoms with E-state index in [1.54, 1.807) is 11.3 Å². The highest BCUT2D eigenvalue weighted by atomic mass is 35.5. The van der Waals surface area contributed by atoms with Crippen molar-refractivity contribution in [2.24, 2.45) is 5.73 Å². The van der Waals surface area contributed by atoms with E-state index in [2.05, 4.69) is 16.8 Å². The van der Waals surface area contributed by atoms with Crippen LogP contribution >= 0.6 is 23.7 Å². The number of carbonyl (C=O) groups excluding carboxylic acids is 1. The van der Waals surface area contributed by atoms with E-state index in [1.807, 2.05) is 0 Å². The summed E-state index contributed by atoms with van der Waals surface area (Å²) in [5, 5.41) is 5.17. The number of nitrogens with two attached hydrogens (primary N) is 1. The summed E-state index contributed by atoms with van der Waals surface area (Å²) in [5.41, 5.74) is 7.27. The van der Waals surface area contributed by atoms with E-state index < -0.39 is 0 Å². The van der Waals surface area contributed by atoms with Crippen molar-refractivity contribution in [3.8, 4) is 0 Å². The summed E-state index contributed by atoms with van der Waals surface area (Å²) in [6.45, 7) is 0.641. The summed E-state index contributed by atoms with van der Waals surface area (Å²) < 4.78 is 0. The summed E-state index contributed by atoms with van der Waals surface area (Å²) in [6, 6.07) is 2.12. The van der Waals surface area contributed by atoms with Crippen LogP contribution in [0.5, 0.6) is 0 Å². The lowest BCUT2D eigenvalue weighted by atomic mass is 9.77. The van der Waals surface area contributed by atoms with Gasteiger partial charge in [0, 0.05) is 17.0 Å². The standard InChI is InChI=1S/C14H20N2OS.ClH/c15-14(6-2-7-14)9-16-13(17)11-3-1-4-12-10(11)5-8-18-12;/h5,8,11H,1-4,6-7,9,15H2,(H,16,17);1H. The third-order valence-electron chi connectivity index (χ3n) is 4.33. The summed E-state index contributed by atoms with van der Waals surface area (Å²) >= 11 is 1.78. The molecule has 19 heavy (non-hydrogen) atoms. The Morgan fingerprint density at radius 1 is 1.47 bits per heavy atom. The molecule has 0 radical (unpaired) electrons. The topological polar surface area (TPSA) is 55.1 Å². The molecule has 0 saturated heterocycles. The normalized spacial score (nSPS) is 23.7. The van der Waals surface area contributed by atoms with E-state index in [1.165, 1.54) is 16.9 Å². The molecule has 1 aromatic heterocycles. The minimum Gasteiger partial charge on any atom is -0.354 e. The second-order valence-corrected chi connectivity index (χ2v) is 6.68. The molecule has 1 amide bonds. The molecular weight excluding hydrogens is 280 g/mol. The van der Waals surface area contributed by atoms with Gasteiger partial charge in [-0.1, -0.05) is 0 Å². The predicted octanol–water partition coefficient (Wildman–Crippen LogP) is 2.59. The van der Waals surface area contributed by atoms with Crippen LogP contribution in [0.15, 0.2) is 11.4 Å². The number of hydrogen-bond donors (Lipinski definition) is 2. The molecule has 1 saturated carbocycles. The van der Waals surface area contributed by atoms with E-state index in [0.717, 1.165) is 32.1 Å². The first-order valence-electron chi connectivity index (χ1n) is 6.81. The molecule has 1 atom stereocenters. The van der Waals surface area contributed by atoms with Crippen LogP contribution in [0.4, 0.5) is 0 Å². The molecule has 0 spiro atoms. The van der Waals surface area contributed by atoms with Crippen LogP contribution in [-0.4, -0.2) is 18.0 Å². The Bertz CT molecular complexity index is 456. The molecule has 0 bridgehead atoms. The first kappa shape index (κ1) is 14.8. The van der Waals surface area contributed by atoms with Crippen LogP contribution in [0.1, 0.15) is 48.5 Å². The van der Waals surface area contributed by atoms with Crippen molar-refractivity contribution < 1.29 is 4.79 Å². The van der Waals surface area contributed by atoms with Crippen molar-refractivity contribution in [2.75, 3.05) is 6.54 Å². The number of nitrogens with one attached hydrogen (secondary N) is 1. The number of halogens is 1. The molecule has 1 aromatic rings. The highest BCUT2D eigenvalue weighted by Gasteiger charge is 2.34. The molecule has 3 rings (SSSR count). The van der Waals surface area contributed by atoms with Crippen LogP contribution in [0.25, 0.3) is 0 Å². The molecule has 2 aliphatic rings. The maximum absolute atomic E-state index is 12.3. The fourth-order valence-electron chi connectivity index (χ4n) is 2.95. The van der Waals surface area contributed by atoms with Crippen LogP contribution in [0, 0.1) is 0 Å². The number of aryl methyl sites for hydroxylation is 1. The van der Waals surface area contributed by atoms with Crippen molar-refractivity contribution >= 4 is 29.7 Å². The molecule has 1 heterocycles. The Labute approximate surface area is 124 Å². The van der Waals surface area contributed by atoms with Crippen LogP contribution in [0.3, 0.4) is 0 Å². The fraction of sp³-hybridized carbons (Fsp3) is 0.643. The molecular formula is C14H21ClN2OS. The average Bonchev–Trinajstić information content (AvgIpc) is 2.81. The van der Waals surface area contributed by atoms with Crippen molar-refractivity contribution in [1.29, 1.82) is 0 Å². The number of amides is 1. The first-order chi connectivity index (χ1) is 8.68. The van der Waals surface area contributed by atoms with Gasteiger partial charge in [0.1, 0.15) is 0 Å². The average molecular weight is 301 g/mol. The third kappa shape index (κ3) is 2.96. The fourth-order valence-corrected chi connectivity index (χ4v) is 3.94.